The third kappa shape index (κ3) is 3.22. The van der Waals surface area contributed by atoms with E-state index >= 15 is 0 Å². The van der Waals surface area contributed by atoms with Crippen molar-refractivity contribution in [3.05, 3.63) is 52.7 Å². The summed E-state index contributed by atoms with van der Waals surface area (Å²) in [6.07, 6.45) is 6.03. The van der Waals surface area contributed by atoms with Crippen LogP contribution in [0.15, 0.2) is 30.3 Å². The number of benzene rings is 2. The molecule has 1 aliphatic heterocycles. The van der Waals surface area contributed by atoms with Gasteiger partial charge in [-0.05, 0) is 41.7 Å². The summed E-state index contributed by atoms with van der Waals surface area (Å²) in [4.78, 5) is 15.0. The number of phenolic OH excluding ortho intramolecular Hbond substituents is 1. The molecule has 1 fully saturated rings. The first-order valence-electron chi connectivity index (χ1n) is 10.3. The molecule has 150 valence electrons. The number of ether oxygens (including phenoxy) is 1. The van der Waals surface area contributed by atoms with E-state index in [1.807, 2.05) is 24.3 Å². The van der Waals surface area contributed by atoms with Crippen LogP contribution in [0.3, 0.4) is 0 Å². The minimum Gasteiger partial charge on any atom is -0.507 e. The van der Waals surface area contributed by atoms with Crippen molar-refractivity contribution in [1.29, 1.82) is 0 Å². The van der Waals surface area contributed by atoms with Gasteiger partial charge in [0.15, 0.2) is 0 Å². The minimum atomic E-state index is -0.160. The molecule has 2 N–H and O–H groups in total. The zero-order valence-electron chi connectivity index (χ0n) is 16.6. The number of aromatic amines is 1. The van der Waals surface area contributed by atoms with Crippen LogP contribution in [0.5, 0.6) is 11.5 Å². The predicted molar refractivity (Wildman–Crippen MR) is 110 cm³/mol. The van der Waals surface area contributed by atoms with Gasteiger partial charge in [0, 0.05) is 30.2 Å². The lowest BCUT2D eigenvalue weighted by Crippen LogP contribution is -2.25. The number of fused-ring (bicyclic) bond motifs is 2. The number of aromatic nitrogens is 2. The second-order valence-corrected chi connectivity index (χ2v) is 8.24. The Morgan fingerprint density at radius 2 is 2.00 bits per heavy atom. The first-order valence-corrected chi connectivity index (χ1v) is 10.3. The summed E-state index contributed by atoms with van der Waals surface area (Å²) < 4.78 is 5.29. The van der Waals surface area contributed by atoms with Crippen molar-refractivity contribution in [2.75, 3.05) is 7.11 Å². The Kier molecular flexibility index (Phi) is 4.42. The van der Waals surface area contributed by atoms with Gasteiger partial charge in [-0.25, -0.2) is 0 Å². The number of carbonyl (C=O) groups is 1. The molecule has 0 unspecified atom stereocenters. The van der Waals surface area contributed by atoms with Crippen molar-refractivity contribution in [1.82, 2.24) is 15.1 Å². The average molecular weight is 391 g/mol. The van der Waals surface area contributed by atoms with Crippen molar-refractivity contribution in [3.8, 4) is 11.5 Å². The predicted octanol–water partition coefficient (Wildman–Crippen LogP) is 4.17. The number of hydrogen-bond donors (Lipinski definition) is 2. The molecule has 6 heteroatoms. The summed E-state index contributed by atoms with van der Waals surface area (Å²) in [5, 5.41) is 18.9. The number of methoxy groups -OCH3 is 1. The first kappa shape index (κ1) is 18.0. The number of phenols is 1. The maximum absolute atomic E-state index is 13.2. The Balaban J connectivity index is 1.43. The molecule has 3 aromatic rings. The van der Waals surface area contributed by atoms with Crippen LogP contribution >= 0.6 is 0 Å². The van der Waals surface area contributed by atoms with Crippen molar-refractivity contribution in [2.45, 2.75) is 45.2 Å². The maximum atomic E-state index is 13.2. The third-order valence-corrected chi connectivity index (χ3v) is 6.37. The molecule has 0 bridgehead atoms. The van der Waals surface area contributed by atoms with Crippen LogP contribution in [0.4, 0.5) is 0 Å². The number of carbonyl (C=O) groups excluding carboxylic acids is 1. The van der Waals surface area contributed by atoms with Crippen molar-refractivity contribution < 1.29 is 14.6 Å². The molecule has 1 aromatic heterocycles. The molecule has 1 saturated carbocycles. The Bertz CT molecular complexity index is 1080. The van der Waals surface area contributed by atoms with Gasteiger partial charge in [0.1, 0.15) is 11.5 Å². The Hall–Kier alpha value is -3.02. The van der Waals surface area contributed by atoms with E-state index in [0.29, 0.717) is 30.1 Å². The fraction of sp³-hybridized carbons (Fsp3) is 0.391. The van der Waals surface area contributed by atoms with E-state index < -0.39 is 0 Å². The summed E-state index contributed by atoms with van der Waals surface area (Å²) in [5.74, 6) is 1.29. The van der Waals surface area contributed by atoms with Gasteiger partial charge in [-0.1, -0.05) is 31.7 Å². The first-order chi connectivity index (χ1) is 14.1. The van der Waals surface area contributed by atoms with Gasteiger partial charge in [-0.3, -0.25) is 9.89 Å². The molecular weight excluding hydrogens is 366 g/mol. The fourth-order valence-electron chi connectivity index (χ4n) is 4.74. The number of nitrogens with zero attached hydrogens (tertiary/aromatic N) is 2. The largest absolute Gasteiger partial charge is 0.507 e. The number of rotatable bonds is 4. The SMILES string of the molecule is COc1ccc2c(c1)CN(C(=O)c1cc3c(CC4CCCC4)[nH]nc3cc1O)C2. The zero-order chi connectivity index (χ0) is 20.0. The van der Waals surface area contributed by atoms with E-state index in [2.05, 4.69) is 10.2 Å². The third-order valence-electron chi connectivity index (χ3n) is 6.37. The molecule has 0 saturated heterocycles. The molecule has 5 rings (SSSR count). The van der Waals surface area contributed by atoms with E-state index in [1.54, 1.807) is 18.1 Å². The molecule has 29 heavy (non-hydrogen) atoms. The number of H-pyrrole nitrogens is 1. The van der Waals surface area contributed by atoms with Gasteiger partial charge < -0.3 is 14.7 Å². The van der Waals surface area contributed by atoms with Crippen molar-refractivity contribution in [2.24, 2.45) is 5.92 Å². The summed E-state index contributed by atoms with van der Waals surface area (Å²) >= 11 is 0. The van der Waals surface area contributed by atoms with Crippen LogP contribution in [0.25, 0.3) is 10.9 Å². The van der Waals surface area contributed by atoms with Crippen LogP contribution in [0, 0.1) is 5.92 Å². The second-order valence-electron chi connectivity index (χ2n) is 8.24. The number of aromatic hydroxyl groups is 1. The molecule has 2 aliphatic rings. The summed E-state index contributed by atoms with van der Waals surface area (Å²) in [6.45, 7) is 1.05. The zero-order valence-corrected chi connectivity index (χ0v) is 16.6. The van der Waals surface area contributed by atoms with Crippen molar-refractivity contribution in [3.63, 3.8) is 0 Å². The number of amides is 1. The van der Waals surface area contributed by atoms with E-state index in [-0.39, 0.29) is 11.7 Å². The molecule has 6 nitrogen and oxygen atoms in total. The van der Waals surface area contributed by atoms with E-state index in [4.69, 9.17) is 4.74 Å². The van der Waals surface area contributed by atoms with Crippen LogP contribution in [-0.2, 0) is 19.5 Å². The van der Waals surface area contributed by atoms with Crippen LogP contribution in [-0.4, -0.2) is 33.2 Å². The minimum absolute atomic E-state index is 0.0186. The summed E-state index contributed by atoms with van der Waals surface area (Å²) in [6, 6.07) is 9.30. The number of nitrogens with one attached hydrogen (secondary N) is 1. The lowest BCUT2D eigenvalue weighted by Gasteiger charge is -2.16. The molecular formula is C23H25N3O3. The molecule has 0 atom stereocenters. The lowest BCUT2D eigenvalue weighted by molar-refractivity contribution is 0.0748. The average Bonchev–Trinajstić information content (AvgIpc) is 3.46. The Labute approximate surface area is 169 Å². The smallest absolute Gasteiger partial charge is 0.258 e. The van der Waals surface area contributed by atoms with E-state index in [9.17, 15) is 9.90 Å². The van der Waals surface area contributed by atoms with Gasteiger partial charge >= 0.3 is 0 Å². The van der Waals surface area contributed by atoms with Gasteiger partial charge in [0.25, 0.3) is 5.91 Å². The summed E-state index contributed by atoms with van der Waals surface area (Å²) in [5.41, 5.74) is 4.32. The molecule has 0 radical (unpaired) electrons. The van der Waals surface area contributed by atoms with Crippen LogP contribution < -0.4 is 4.74 Å². The Morgan fingerprint density at radius 1 is 1.21 bits per heavy atom. The highest BCUT2D eigenvalue weighted by Crippen LogP contribution is 2.34. The summed E-state index contributed by atoms with van der Waals surface area (Å²) in [7, 11) is 1.64. The highest BCUT2D eigenvalue weighted by Gasteiger charge is 2.27. The van der Waals surface area contributed by atoms with E-state index in [0.717, 1.165) is 34.4 Å². The normalized spacial score (nSPS) is 16.5. The monoisotopic (exact) mass is 391 g/mol. The van der Waals surface area contributed by atoms with Crippen LogP contribution in [0.2, 0.25) is 0 Å². The van der Waals surface area contributed by atoms with Crippen molar-refractivity contribution >= 4 is 16.8 Å². The topological polar surface area (TPSA) is 78.5 Å². The van der Waals surface area contributed by atoms with E-state index in [1.165, 1.54) is 25.7 Å². The quantitative estimate of drug-likeness (QED) is 0.700. The van der Waals surface area contributed by atoms with Gasteiger partial charge in [0.05, 0.1) is 18.2 Å². The van der Waals surface area contributed by atoms with Gasteiger partial charge in [0.2, 0.25) is 0 Å². The molecule has 1 amide bonds. The maximum Gasteiger partial charge on any atom is 0.258 e. The molecule has 2 heterocycles. The second kappa shape index (κ2) is 7.10. The van der Waals surface area contributed by atoms with Gasteiger partial charge in [-0.2, -0.15) is 5.10 Å². The molecule has 1 aliphatic carbocycles. The highest BCUT2D eigenvalue weighted by molar-refractivity contribution is 6.01. The number of hydrogen-bond acceptors (Lipinski definition) is 4. The highest BCUT2D eigenvalue weighted by atomic mass is 16.5. The molecule has 2 aromatic carbocycles. The van der Waals surface area contributed by atoms with Gasteiger partial charge in [-0.15, -0.1) is 0 Å². The lowest BCUT2D eigenvalue weighted by atomic mass is 9.99. The molecule has 0 spiro atoms. The standard InChI is InChI=1S/C23H25N3O3/c1-29-17-7-6-15-12-26(13-16(15)9-17)23(28)19-10-18-20(8-14-4-2-3-5-14)24-25-21(18)11-22(19)27/h6-7,9-11,14,27H,2-5,8,12-13H2,1H3,(H,24,25). The van der Waals surface area contributed by atoms with Crippen LogP contribution in [0.1, 0.15) is 52.9 Å². The fourth-order valence-corrected chi connectivity index (χ4v) is 4.74. The Morgan fingerprint density at radius 3 is 2.79 bits per heavy atom.